The van der Waals surface area contributed by atoms with Gasteiger partial charge in [0.2, 0.25) is 0 Å². The van der Waals surface area contributed by atoms with Crippen molar-refractivity contribution in [2.75, 3.05) is 13.7 Å². The number of hydrogen-bond acceptors (Lipinski definition) is 8. The Hall–Kier alpha value is -4.73. The Morgan fingerprint density at radius 2 is 1.70 bits per heavy atom. The minimum absolute atomic E-state index is 0.124. The fourth-order valence-electron chi connectivity index (χ4n) is 2.58. The monoisotopic (exact) mass is 449 g/mol. The quantitative estimate of drug-likeness (QED) is 0.174. The van der Waals surface area contributed by atoms with Gasteiger partial charge in [-0.1, -0.05) is 12.1 Å². The first kappa shape index (κ1) is 22.9. The topological polar surface area (TPSA) is 129 Å². The van der Waals surface area contributed by atoms with Crippen LogP contribution in [0.5, 0.6) is 17.2 Å². The molecular weight excluding hydrogens is 430 g/mol. The van der Waals surface area contributed by atoms with Crippen molar-refractivity contribution in [1.29, 1.82) is 0 Å². The van der Waals surface area contributed by atoms with E-state index in [4.69, 9.17) is 14.2 Å². The number of nitro benzene ring substituents is 1. The van der Waals surface area contributed by atoms with Gasteiger partial charge in [-0.25, -0.2) is 10.2 Å². The molecular formula is C23H19N3O7. The van der Waals surface area contributed by atoms with E-state index >= 15 is 0 Å². The maximum atomic E-state index is 12.2. The Bertz CT molecular complexity index is 1160. The molecule has 0 unspecified atom stereocenters. The maximum absolute atomic E-state index is 12.2. The van der Waals surface area contributed by atoms with Crippen LogP contribution < -0.4 is 19.6 Å². The van der Waals surface area contributed by atoms with E-state index in [1.807, 2.05) is 0 Å². The second-order valence-corrected chi connectivity index (χ2v) is 6.52. The minimum atomic E-state index is -0.664. The second-order valence-electron chi connectivity index (χ2n) is 6.52. The summed E-state index contributed by atoms with van der Waals surface area (Å²) >= 11 is 0. The lowest BCUT2D eigenvalue weighted by molar-refractivity contribution is -0.384. The Kier molecular flexibility index (Phi) is 7.68. The van der Waals surface area contributed by atoms with E-state index in [0.29, 0.717) is 17.1 Å². The highest BCUT2D eigenvalue weighted by atomic mass is 16.6. The van der Waals surface area contributed by atoms with Crippen molar-refractivity contribution in [1.82, 2.24) is 5.43 Å². The molecule has 10 heteroatoms. The molecule has 0 radical (unpaired) electrons. The third kappa shape index (κ3) is 6.89. The van der Waals surface area contributed by atoms with Gasteiger partial charge in [-0.2, -0.15) is 5.10 Å². The van der Waals surface area contributed by atoms with Crippen LogP contribution in [0.25, 0.3) is 0 Å². The molecule has 0 bridgehead atoms. The number of rotatable bonds is 9. The normalized spacial score (nSPS) is 10.5. The van der Waals surface area contributed by atoms with Crippen LogP contribution in [0, 0.1) is 10.1 Å². The first-order chi connectivity index (χ1) is 15.9. The Balaban J connectivity index is 1.50. The van der Waals surface area contributed by atoms with Gasteiger partial charge in [0.1, 0.15) is 17.2 Å². The molecule has 3 aromatic rings. The van der Waals surface area contributed by atoms with Crippen LogP contribution in [-0.4, -0.2) is 36.7 Å². The summed E-state index contributed by atoms with van der Waals surface area (Å²) in [5, 5.41) is 14.6. The molecule has 0 atom stereocenters. The van der Waals surface area contributed by atoms with Gasteiger partial charge >= 0.3 is 5.97 Å². The fourth-order valence-corrected chi connectivity index (χ4v) is 2.58. The van der Waals surface area contributed by atoms with Crippen molar-refractivity contribution < 1.29 is 28.7 Å². The molecule has 0 aromatic heterocycles. The Labute approximate surface area is 188 Å². The molecule has 33 heavy (non-hydrogen) atoms. The van der Waals surface area contributed by atoms with Gasteiger partial charge in [-0.05, 0) is 54.1 Å². The molecule has 0 aliphatic rings. The van der Waals surface area contributed by atoms with Crippen molar-refractivity contribution in [3.8, 4) is 17.2 Å². The number of benzene rings is 3. The third-order valence-corrected chi connectivity index (χ3v) is 4.21. The van der Waals surface area contributed by atoms with E-state index in [2.05, 4.69) is 10.5 Å². The number of hydrogen-bond donors (Lipinski definition) is 1. The number of nitro groups is 1. The first-order valence-electron chi connectivity index (χ1n) is 9.60. The van der Waals surface area contributed by atoms with Gasteiger partial charge in [0, 0.05) is 12.1 Å². The first-order valence-corrected chi connectivity index (χ1v) is 9.60. The predicted molar refractivity (Wildman–Crippen MR) is 119 cm³/mol. The lowest BCUT2D eigenvalue weighted by Crippen LogP contribution is -2.24. The number of carbonyl (C=O) groups is 2. The number of non-ortho nitro benzene ring substituents is 1. The summed E-state index contributed by atoms with van der Waals surface area (Å²) in [6.07, 6.45) is 1.38. The van der Waals surface area contributed by atoms with Gasteiger partial charge < -0.3 is 14.2 Å². The number of nitrogens with zero attached hydrogens (tertiary/aromatic N) is 2. The summed E-state index contributed by atoms with van der Waals surface area (Å²) in [5.41, 5.74) is 2.96. The summed E-state index contributed by atoms with van der Waals surface area (Å²) in [6, 6.07) is 18.3. The molecule has 168 valence electrons. The molecule has 0 spiro atoms. The zero-order chi connectivity index (χ0) is 23.6. The Morgan fingerprint density at radius 1 is 1.00 bits per heavy atom. The molecule has 1 N–H and O–H groups in total. The van der Waals surface area contributed by atoms with Gasteiger partial charge in [0.05, 0.1) is 23.8 Å². The average Bonchev–Trinajstić information content (AvgIpc) is 2.83. The number of hydrazone groups is 1. The van der Waals surface area contributed by atoms with Crippen LogP contribution >= 0.6 is 0 Å². The van der Waals surface area contributed by atoms with Crippen LogP contribution in [0.3, 0.4) is 0 Å². The zero-order valence-electron chi connectivity index (χ0n) is 17.5. The number of esters is 1. The average molecular weight is 449 g/mol. The van der Waals surface area contributed by atoms with Crippen molar-refractivity contribution in [2.24, 2.45) is 5.10 Å². The molecule has 0 saturated carbocycles. The third-order valence-electron chi connectivity index (χ3n) is 4.21. The molecule has 3 aromatic carbocycles. The van der Waals surface area contributed by atoms with Crippen LogP contribution in [0.2, 0.25) is 0 Å². The van der Waals surface area contributed by atoms with Gasteiger partial charge in [-0.15, -0.1) is 0 Å². The molecule has 1 amide bonds. The van der Waals surface area contributed by atoms with Crippen LogP contribution in [0.15, 0.2) is 77.9 Å². The predicted octanol–water partition coefficient (Wildman–Crippen LogP) is 3.35. The van der Waals surface area contributed by atoms with E-state index in [-0.39, 0.29) is 23.6 Å². The fraction of sp³-hybridized carbons (Fsp3) is 0.0870. The summed E-state index contributed by atoms with van der Waals surface area (Å²) in [6.45, 7) is -0.226. The van der Waals surface area contributed by atoms with Crippen molar-refractivity contribution in [3.63, 3.8) is 0 Å². The lowest BCUT2D eigenvalue weighted by atomic mass is 10.2. The van der Waals surface area contributed by atoms with Crippen molar-refractivity contribution >= 4 is 23.8 Å². The van der Waals surface area contributed by atoms with Gasteiger partial charge in [0.25, 0.3) is 11.6 Å². The smallest absolute Gasteiger partial charge is 0.343 e. The highest BCUT2D eigenvalue weighted by molar-refractivity contribution is 5.91. The van der Waals surface area contributed by atoms with E-state index in [0.717, 1.165) is 0 Å². The molecule has 3 rings (SSSR count). The molecule has 0 saturated heterocycles. The minimum Gasteiger partial charge on any atom is -0.497 e. The van der Waals surface area contributed by atoms with Gasteiger partial charge in [0.15, 0.2) is 6.61 Å². The standard InChI is InChI=1S/C23H19N3O7/c1-31-19-9-11-20(12-10-19)32-15-22(27)25-24-14-16-3-2-4-21(13-16)33-23(28)17-5-7-18(8-6-17)26(29)30/h2-14H,15H2,1H3,(H,25,27)/b24-14+. The summed E-state index contributed by atoms with van der Waals surface area (Å²) in [7, 11) is 1.56. The van der Waals surface area contributed by atoms with E-state index in [1.165, 1.54) is 30.5 Å². The SMILES string of the molecule is COc1ccc(OCC(=O)N/N=C/c2cccc(OC(=O)c3ccc([N+](=O)[O-])cc3)c2)cc1. The number of ether oxygens (including phenoxy) is 3. The highest BCUT2D eigenvalue weighted by Gasteiger charge is 2.11. The number of nitrogens with one attached hydrogen (secondary N) is 1. The summed E-state index contributed by atoms with van der Waals surface area (Å²) in [5.74, 6) is 0.316. The Morgan fingerprint density at radius 3 is 2.36 bits per heavy atom. The van der Waals surface area contributed by atoms with E-state index in [1.54, 1.807) is 55.6 Å². The van der Waals surface area contributed by atoms with Gasteiger partial charge in [-0.3, -0.25) is 14.9 Å². The largest absolute Gasteiger partial charge is 0.497 e. The lowest BCUT2D eigenvalue weighted by Gasteiger charge is -2.06. The molecule has 10 nitrogen and oxygen atoms in total. The van der Waals surface area contributed by atoms with Crippen molar-refractivity contribution in [2.45, 2.75) is 0 Å². The number of amides is 1. The van der Waals surface area contributed by atoms with Crippen LogP contribution in [0.4, 0.5) is 5.69 Å². The summed E-state index contributed by atoms with van der Waals surface area (Å²) < 4.78 is 15.7. The number of carbonyl (C=O) groups excluding carboxylic acids is 2. The zero-order valence-corrected chi connectivity index (χ0v) is 17.5. The highest BCUT2D eigenvalue weighted by Crippen LogP contribution is 2.18. The van der Waals surface area contributed by atoms with Crippen LogP contribution in [0.1, 0.15) is 15.9 Å². The van der Waals surface area contributed by atoms with Crippen LogP contribution in [-0.2, 0) is 4.79 Å². The molecule has 0 heterocycles. The molecule has 0 aliphatic carbocycles. The second kappa shape index (κ2) is 11.0. The molecule has 0 fully saturated rings. The summed E-state index contributed by atoms with van der Waals surface area (Å²) in [4.78, 5) is 34.3. The van der Waals surface area contributed by atoms with Crippen molar-refractivity contribution in [3.05, 3.63) is 94.0 Å². The number of methoxy groups -OCH3 is 1. The molecule has 0 aliphatic heterocycles. The van der Waals surface area contributed by atoms with E-state index in [9.17, 15) is 19.7 Å². The maximum Gasteiger partial charge on any atom is 0.343 e. The van der Waals surface area contributed by atoms with E-state index < -0.39 is 16.8 Å².